The first-order chi connectivity index (χ1) is 9.43. The molecule has 0 atom stereocenters. The summed E-state index contributed by atoms with van der Waals surface area (Å²) in [7, 11) is 0. The molecule has 0 unspecified atom stereocenters. The average molecular weight is 290 g/mol. The Bertz CT molecular complexity index is 249. The second-order valence-corrected chi connectivity index (χ2v) is 4.17. The van der Waals surface area contributed by atoms with Crippen molar-refractivity contribution in [2.24, 2.45) is 0 Å². The van der Waals surface area contributed by atoms with E-state index in [1.54, 1.807) is 0 Å². The van der Waals surface area contributed by atoms with Crippen molar-refractivity contribution in [2.75, 3.05) is 13.2 Å². The van der Waals surface area contributed by atoms with Crippen LogP contribution in [0.5, 0.6) is 0 Å². The minimum atomic E-state index is -0.833. The molecular formula is C14H26O6. The number of rotatable bonds is 9. The molecule has 0 saturated heterocycles. The molecule has 0 aliphatic carbocycles. The molecule has 0 aromatic rings. The highest BCUT2D eigenvalue weighted by Gasteiger charge is 2.05. The van der Waals surface area contributed by atoms with E-state index in [-0.39, 0.29) is 11.9 Å². The molecular weight excluding hydrogens is 264 g/mol. The highest BCUT2D eigenvalue weighted by atomic mass is 16.5. The van der Waals surface area contributed by atoms with Gasteiger partial charge in [-0.25, -0.2) is 0 Å². The molecule has 20 heavy (non-hydrogen) atoms. The first-order valence-corrected chi connectivity index (χ1v) is 6.94. The third-order valence-electron chi connectivity index (χ3n) is 1.95. The van der Waals surface area contributed by atoms with E-state index in [0.29, 0.717) is 38.9 Å². The van der Waals surface area contributed by atoms with Crippen LogP contribution in [0.1, 0.15) is 59.3 Å². The number of carbonyl (C=O) groups excluding carboxylic acids is 2. The molecule has 1 N–H and O–H groups in total. The summed E-state index contributed by atoms with van der Waals surface area (Å²) in [4.78, 5) is 31.2. The maximum absolute atomic E-state index is 11.1. The molecule has 0 saturated carbocycles. The standard InChI is InChI=1S/C12H22O4.C2H4O2/c1-3-9-15-11(13)7-5-6-8-12(14)16-10-4-2;1-2(3)4/h3-10H2,1-2H3;1H3,(H,3,4). The van der Waals surface area contributed by atoms with Crippen LogP contribution in [0.3, 0.4) is 0 Å². The van der Waals surface area contributed by atoms with Crippen molar-refractivity contribution in [2.45, 2.75) is 59.3 Å². The molecule has 0 spiro atoms. The van der Waals surface area contributed by atoms with E-state index in [2.05, 4.69) is 0 Å². The van der Waals surface area contributed by atoms with Gasteiger partial charge in [-0.3, -0.25) is 14.4 Å². The normalized spacial score (nSPS) is 9.15. The Morgan fingerprint density at radius 1 is 0.850 bits per heavy atom. The largest absolute Gasteiger partial charge is 0.481 e. The highest BCUT2D eigenvalue weighted by molar-refractivity contribution is 5.70. The van der Waals surface area contributed by atoms with Crippen LogP contribution in [0.4, 0.5) is 0 Å². The number of esters is 2. The van der Waals surface area contributed by atoms with Gasteiger partial charge >= 0.3 is 11.9 Å². The van der Waals surface area contributed by atoms with Crippen LogP contribution < -0.4 is 0 Å². The van der Waals surface area contributed by atoms with Gasteiger partial charge in [0.2, 0.25) is 0 Å². The van der Waals surface area contributed by atoms with Crippen molar-refractivity contribution in [1.82, 2.24) is 0 Å². The minimum Gasteiger partial charge on any atom is -0.481 e. The Labute approximate surface area is 120 Å². The zero-order valence-corrected chi connectivity index (χ0v) is 12.6. The number of hydrogen-bond donors (Lipinski definition) is 1. The Hall–Kier alpha value is -1.59. The molecule has 0 radical (unpaired) electrons. The first-order valence-electron chi connectivity index (χ1n) is 6.94. The molecule has 6 nitrogen and oxygen atoms in total. The van der Waals surface area contributed by atoms with Gasteiger partial charge in [0.25, 0.3) is 5.97 Å². The fourth-order valence-corrected chi connectivity index (χ4v) is 1.11. The number of carboxylic acids is 1. The number of ether oxygens (including phenoxy) is 2. The predicted octanol–water partition coefficient (Wildman–Crippen LogP) is 2.54. The van der Waals surface area contributed by atoms with E-state index in [1.165, 1.54) is 0 Å². The Kier molecular flexibility index (Phi) is 16.0. The van der Waals surface area contributed by atoms with Crippen LogP contribution in [0.2, 0.25) is 0 Å². The Morgan fingerprint density at radius 3 is 1.40 bits per heavy atom. The second-order valence-electron chi connectivity index (χ2n) is 4.17. The third-order valence-corrected chi connectivity index (χ3v) is 1.95. The summed E-state index contributed by atoms with van der Waals surface area (Å²) in [5.74, 6) is -1.19. The fourth-order valence-electron chi connectivity index (χ4n) is 1.11. The van der Waals surface area contributed by atoms with Crippen molar-refractivity contribution in [1.29, 1.82) is 0 Å². The lowest BCUT2D eigenvalue weighted by atomic mass is 10.2. The molecule has 6 heteroatoms. The van der Waals surface area contributed by atoms with Crippen molar-refractivity contribution in [3.05, 3.63) is 0 Å². The summed E-state index contributed by atoms with van der Waals surface area (Å²) >= 11 is 0. The van der Waals surface area contributed by atoms with Gasteiger partial charge < -0.3 is 14.6 Å². The number of carboxylic acid groups (broad SMARTS) is 1. The van der Waals surface area contributed by atoms with Crippen LogP contribution in [-0.4, -0.2) is 36.2 Å². The summed E-state index contributed by atoms with van der Waals surface area (Å²) < 4.78 is 9.82. The minimum absolute atomic E-state index is 0.177. The molecule has 0 heterocycles. The highest BCUT2D eigenvalue weighted by Crippen LogP contribution is 2.03. The average Bonchev–Trinajstić information content (AvgIpc) is 2.38. The van der Waals surface area contributed by atoms with Gasteiger partial charge in [0.05, 0.1) is 13.2 Å². The summed E-state index contributed by atoms with van der Waals surface area (Å²) in [6, 6.07) is 0. The first kappa shape index (κ1) is 20.7. The maximum atomic E-state index is 11.1. The molecule has 0 aromatic heterocycles. The van der Waals surface area contributed by atoms with E-state index in [1.807, 2.05) is 13.8 Å². The Balaban J connectivity index is 0. The molecule has 0 bridgehead atoms. The van der Waals surface area contributed by atoms with Gasteiger partial charge in [-0.2, -0.15) is 0 Å². The zero-order chi connectivity index (χ0) is 15.8. The van der Waals surface area contributed by atoms with Crippen molar-refractivity contribution in [3.8, 4) is 0 Å². The lowest BCUT2D eigenvalue weighted by Gasteiger charge is -2.03. The summed E-state index contributed by atoms with van der Waals surface area (Å²) in [5, 5.41) is 7.42. The van der Waals surface area contributed by atoms with Crippen LogP contribution in [0.25, 0.3) is 0 Å². The summed E-state index contributed by atoms with van der Waals surface area (Å²) in [6.07, 6.45) is 3.83. The monoisotopic (exact) mass is 290 g/mol. The summed E-state index contributed by atoms with van der Waals surface area (Å²) in [6.45, 7) is 5.96. The number of carbonyl (C=O) groups is 3. The third kappa shape index (κ3) is 21.7. The number of unbranched alkanes of at least 4 members (excludes halogenated alkanes) is 1. The molecule has 118 valence electrons. The smallest absolute Gasteiger partial charge is 0.305 e. The summed E-state index contributed by atoms with van der Waals surface area (Å²) in [5.41, 5.74) is 0. The fraction of sp³-hybridized carbons (Fsp3) is 0.786. The van der Waals surface area contributed by atoms with Gasteiger partial charge in [-0.15, -0.1) is 0 Å². The second kappa shape index (κ2) is 15.5. The van der Waals surface area contributed by atoms with Crippen molar-refractivity contribution >= 4 is 17.9 Å². The number of hydrogen-bond acceptors (Lipinski definition) is 5. The molecule has 0 rings (SSSR count). The van der Waals surface area contributed by atoms with Gasteiger partial charge in [0, 0.05) is 19.8 Å². The van der Waals surface area contributed by atoms with E-state index in [4.69, 9.17) is 19.4 Å². The van der Waals surface area contributed by atoms with E-state index in [0.717, 1.165) is 19.8 Å². The van der Waals surface area contributed by atoms with Gasteiger partial charge in [-0.1, -0.05) is 13.8 Å². The van der Waals surface area contributed by atoms with Crippen LogP contribution in [0.15, 0.2) is 0 Å². The van der Waals surface area contributed by atoms with Crippen LogP contribution in [0, 0.1) is 0 Å². The topological polar surface area (TPSA) is 89.9 Å². The quantitative estimate of drug-likeness (QED) is 0.518. The molecule has 0 aliphatic heterocycles. The van der Waals surface area contributed by atoms with E-state index >= 15 is 0 Å². The van der Waals surface area contributed by atoms with Gasteiger partial charge in [-0.05, 0) is 25.7 Å². The lowest BCUT2D eigenvalue weighted by molar-refractivity contribution is -0.145. The van der Waals surface area contributed by atoms with Gasteiger partial charge in [0.15, 0.2) is 0 Å². The van der Waals surface area contributed by atoms with Crippen molar-refractivity contribution < 1.29 is 29.0 Å². The lowest BCUT2D eigenvalue weighted by Crippen LogP contribution is -2.07. The van der Waals surface area contributed by atoms with Crippen molar-refractivity contribution in [3.63, 3.8) is 0 Å². The van der Waals surface area contributed by atoms with Crippen LogP contribution >= 0.6 is 0 Å². The predicted molar refractivity (Wildman–Crippen MR) is 74.3 cm³/mol. The molecule has 0 fully saturated rings. The maximum Gasteiger partial charge on any atom is 0.305 e. The molecule has 0 aliphatic rings. The van der Waals surface area contributed by atoms with E-state index in [9.17, 15) is 9.59 Å². The SMILES string of the molecule is CC(=O)O.CCCOC(=O)CCCCC(=O)OCCC. The number of aliphatic carboxylic acids is 1. The zero-order valence-electron chi connectivity index (χ0n) is 12.6. The van der Waals surface area contributed by atoms with E-state index < -0.39 is 5.97 Å². The Morgan fingerprint density at radius 2 is 1.15 bits per heavy atom. The van der Waals surface area contributed by atoms with Gasteiger partial charge in [0.1, 0.15) is 0 Å². The van der Waals surface area contributed by atoms with Crippen LogP contribution in [-0.2, 0) is 23.9 Å². The molecule has 0 aromatic carbocycles. The molecule has 0 amide bonds.